The van der Waals surface area contributed by atoms with E-state index in [1.165, 1.54) is 0 Å². The highest BCUT2D eigenvalue weighted by Crippen LogP contribution is 2.03. The highest BCUT2D eigenvalue weighted by atomic mass is 32.1. The molecule has 0 N–H and O–H groups in total. The highest BCUT2D eigenvalue weighted by Gasteiger charge is 1.82. The fourth-order valence-corrected chi connectivity index (χ4v) is 2.20. The van der Waals surface area contributed by atoms with Crippen molar-refractivity contribution in [3.63, 3.8) is 0 Å². The largest absolute Gasteiger partial charge is 0.151 e. The van der Waals surface area contributed by atoms with Crippen LogP contribution in [0.2, 0.25) is 0 Å². The van der Waals surface area contributed by atoms with Gasteiger partial charge in [-0.3, -0.25) is 0 Å². The van der Waals surface area contributed by atoms with Crippen LogP contribution in [0.3, 0.4) is 0 Å². The van der Waals surface area contributed by atoms with Gasteiger partial charge in [0, 0.05) is 17.4 Å². The van der Waals surface area contributed by atoms with E-state index in [9.17, 15) is 0 Å². The highest BCUT2D eigenvalue weighted by molar-refractivity contribution is 7.08. The van der Waals surface area contributed by atoms with Gasteiger partial charge >= 0.3 is 0 Å². The van der Waals surface area contributed by atoms with E-state index in [1.807, 2.05) is 0 Å². The molecule has 110 valence electrons. The zero-order chi connectivity index (χ0) is 15.0. The molecule has 0 aromatic carbocycles. The van der Waals surface area contributed by atoms with Crippen molar-refractivity contribution >= 4 is 11.3 Å². The molecule has 0 saturated heterocycles. The zero-order valence-electron chi connectivity index (χ0n) is 12.8. The van der Waals surface area contributed by atoms with Gasteiger partial charge in [-0.15, -0.1) is 0 Å². The molecule has 0 nitrogen and oxygen atoms in total. The number of hydrogen-bond acceptors (Lipinski definition) is 1. The van der Waals surface area contributed by atoms with Crippen molar-refractivity contribution in [2.75, 3.05) is 0 Å². The van der Waals surface area contributed by atoms with Crippen molar-refractivity contribution in [2.24, 2.45) is 0 Å². The minimum absolute atomic E-state index is 0.827. The van der Waals surface area contributed by atoms with E-state index in [2.05, 4.69) is 84.2 Å². The Balaban J connectivity index is 2.03. The number of allylic oxidation sites excluding steroid dienone is 8. The topological polar surface area (TPSA) is 0 Å². The predicted octanol–water partition coefficient (Wildman–Crippen LogP) is 6.29. The molecule has 0 bridgehead atoms. The molecular formula is C20H24S. The Labute approximate surface area is 133 Å². The standard InChI is InChI=1S/C20H24S/c1-2-3-4-5-6-7-8-9-10-11-12-13-14-15-16-20-17-18-21-19-20/h3-4,6-7,9-10,12-13,17-19H,2,5,8,11,14H2,1H3/b4-3-,7-6-,10-9-,13-12-. The van der Waals surface area contributed by atoms with Gasteiger partial charge in [0.15, 0.2) is 0 Å². The first-order chi connectivity index (χ1) is 10.4. The Morgan fingerprint density at radius 2 is 1.52 bits per heavy atom. The Hall–Kier alpha value is -1.78. The lowest BCUT2D eigenvalue weighted by Gasteiger charge is -1.84. The van der Waals surface area contributed by atoms with Crippen LogP contribution in [0, 0.1) is 11.8 Å². The lowest BCUT2D eigenvalue weighted by Crippen LogP contribution is -1.65. The number of thiophene rings is 1. The van der Waals surface area contributed by atoms with Crippen molar-refractivity contribution in [2.45, 2.75) is 39.0 Å². The van der Waals surface area contributed by atoms with Gasteiger partial charge in [-0.05, 0) is 37.1 Å². The van der Waals surface area contributed by atoms with Crippen molar-refractivity contribution in [1.29, 1.82) is 0 Å². The van der Waals surface area contributed by atoms with Crippen LogP contribution in [0.4, 0.5) is 0 Å². The van der Waals surface area contributed by atoms with Crippen LogP contribution in [0.25, 0.3) is 0 Å². The summed E-state index contributed by atoms with van der Waals surface area (Å²) in [6.07, 6.45) is 22.6. The number of rotatable bonds is 8. The molecule has 0 radical (unpaired) electrons. The van der Waals surface area contributed by atoms with Gasteiger partial charge in [-0.2, -0.15) is 11.3 Å². The summed E-state index contributed by atoms with van der Waals surface area (Å²) in [4.78, 5) is 0. The molecule has 1 heteroatoms. The summed E-state index contributed by atoms with van der Waals surface area (Å²) in [6.45, 7) is 2.16. The fourth-order valence-electron chi connectivity index (χ4n) is 1.61. The summed E-state index contributed by atoms with van der Waals surface area (Å²) < 4.78 is 0. The second-order valence-electron chi connectivity index (χ2n) is 4.52. The third-order valence-electron chi connectivity index (χ3n) is 2.69. The molecule has 0 saturated carbocycles. The Morgan fingerprint density at radius 3 is 2.10 bits per heavy atom. The summed E-state index contributed by atoms with van der Waals surface area (Å²) >= 11 is 1.69. The predicted molar refractivity (Wildman–Crippen MR) is 96.5 cm³/mol. The lowest BCUT2D eigenvalue weighted by atomic mass is 10.2. The van der Waals surface area contributed by atoms with Crippen molar-refractivity contribution in [1.82, 2.24) is 0 Å². The Morgan fingerprint density at radius 1 is 0.905 bits per heavy atom. The van der Waals surface area contributed by atoms with Crippen LogP contribution >= 0.6 is 11.3 Å². The summed E-state index contributed by atoms with van der Waals surface area (Å²) in [5.74, 6) is 6.29. The molecular weight excluding hydrogens is 272 g/mol. The van der Waals surface area contributed by atoms with E-state index < -0.39 is 0 Å². The average molecular weight is 296 g/mol. The first-order valence-corrected chi connectivity index (χ1v) is 8.48. The van der Waals surface area contributed by atoms with E-state index in [-0.39, 0.29) is 0 Å². The fraction of sp³-hybridized carbons (Fsp3) is 0.300. The SMILES string of the molecule is CC/C=C\C/C=C\C/C=C\C/C=C\CC#Cc1ccsc1. The minimum atomic E-state index is 0.827. The van der Waals surface area contributed by atoms with Crippen LogP contribution in [0.1, 0.15) is 44.6 Å². The molecule has 0 aliphatic heterocycles. The smallest absolute Gasteiger partial charge is 0.0352 e. The van der Waals surface area contributed by atoms with E-state index in [1.54, 1.807) is 11.3 Å². The van der Waals surface area contributed by atoms with E-state index in [0.29, 0.717) is 0 Å². The van der Waals surface area contributed by atoms with Crippen molar-refractivity contribution in [3.05, 3.63) is 71.0 Å². The molecule has 21 heavy (non-hydrogen) atoms. The normalized spacial score (nSPS) is 11.9. The molecule has 1 rings (SSSR count). The van der Waals surface area contributed by atoms with E-state index >= 15 is 0 Å². The maximum Gasteiger partial charge on any atom is 0.0352 e. The van der Waals surface area contributed by atoms with Gasteiger partial charge in [0.2, 0.25) is 0 Å². The van der Waals surface area contributed by atoms with E-state index in [0.717, 1.165) is 37.7 Å². The maximum atomic E-state index is 3.15. The molecule has 0 aliphatic rings. The second kappa shape index (κ2) is 13.2. The summed E-state index contributed by atoms with van der Waals surface area (Å²) in [7, 11) is 0. The maximum absolute atomic E-state index is 3.15. The quantitative estimate of drug-likeness (QED) is 0.390. The summed E-state index contributed by atoms with van der Waals surface area (Å²) in [6, 6.07) is 2.05. The van der Waals surface area contributed by atoms with Crippen LogP contribution in [0.15, 0.2) is 65.4 Å². The van der Waals surface area contributed by atoms with Gasteiger partial charge < -0.3 is 0 Å². The van der Waals surface area contributed by atoms with Crippen LogP contribution in [-0.4, -0.2) is 0 Å². The molecule has 0 spiro atoms. The number of hydrogen-bond donors (Lipinski definition) is 0. The molecule has 0 atom stereocenters. The molecule has 1 aromatic heterocycles. The Bertz CT molecular complexity index is 516. The van der Waals surface area contributed by atoms with Gasteiger partial charge in [-0.25, -0.2) is 0 Å². The zero-order valence-corrected chi connectivity index (χ0v) is 13.6. The molecule has 0 unspecified atom stereocenters. The van der Waals surface area contributed by atoms with Crippen LogP contribution in [0.5, 0.6) is 0 Å². The van der Waals surface area contributed by atoms with Gasteiger partial charge in [0.05, 0.1) is 0 Å². The monoisotopic (exact) mass is 296 g/mol. The summed E-state index contributed by atoms with van der Waals surface area (Å²) in [5.41, 5.74) is 1.12. The van der Waals surface area contributed by atoms with Gasteiger partial charge in [0.25, 0.3) is 0 Å². The van der Waals surface area contributed by atoms with Crippen molar-refractivity contribution in [3.8, 4) is 11.8 Å². The van der Waals surface area contributed by atoms with Gasteiger partial charge in [0.1, 0.15) is 0 Å². The third-order valence-corrected chi connectivity index (χ3v) is 3.38. The molecule has 0 aliphatic carbocycles. The Kier molecular flexibility index (Phi) is 10.9. The molecule has 1 heterocycles. The first kappa shape index (κ1) is 17.3. The molecule has 0 amide bonds. The van der Waals surface area contributed by atoms with Crippen molar-refractivity contribution < 1.29 is 0 Å². The van der Waals surface area contributed by atoms with E-state index in [4.69, 9.17) is 0 Å². The average Bonchev–Trinajstić information content (AvgIpc) is 3.01. The van der Waals surface area contributed by atoms with Crippen LogP contribution in [-0.2, 0) is 0 Å². The lowest BCUT2D eigenvalue weighted by molar-refractivity contribution is 1.19. The van der Waals surface area contributed by atoms with Crippen LogP contribution < -0.4 is 0 Å². The first-order valence-electron chi connectivity index (χ1n) is 7.54. The molecule has 0 fully saturated rings. The molecule has 1 aromatic rings. The third kappa shape index (κ3) is 10.6. The summed E-state index contributed by atoms with van der Waals surface area (Å²) in [5, 5.41) is 4.13. The second-order valence-corrected chi connectivity index (χ2v) is 5.30. The minimum Gasteiger partial charge on any atom is -0.151 e. The van der Waals surface area contributed by atoms with Gasteiger partial charge in [-0.1, -0.05) is 67.4 Å².